The first-order valence-electron chi connectivity index (χ1n) is 24.2. The Morgan fingerprint density at radius 1 is 0.500 bits per heavy atom. The molecule has 1 aliphatic carbocycles. The Kier molecular flexibility index (Phi) is 8.84. The zero-order valence-electron chi connectivity index (χ0n) is 39.9. The number of aryl methyl sites for hydroxylation is 2. The second-order valence-corrected chi connectivity index (χ2v) is 21.3. The van der Waals surface area contributed by atoms with E-state index in [1.807, 2.05) is 6.07 Å². The van der Waals surface area contributed by atoms with Gasteiger partial charge in [-0.2, -0.15) is 0 Å². The number of nitrogens with zero attached hydrogens (tertiary/aromatic N) is 2. The first-order valence-corrected chi connectivity index (χ1v) is 24.2. The molecule has 0 amide bonds. The highest BCUT2D eigenvalue weighted by atomic mass is 16.3. The first kappa shape index (κ1) is 40.8. The maximum atomic E-state index is 6.41. The summed E-state index contributed by atoms with van der Waals surface area (Å²) < 4.78 is 12.7. The van der Waals surface area contributed by atoms with E-state index in [0.717, 1.165) is 63.1 Å². The van der Waals surface area contributed by atoms with Gasteiger partial charge < -0.3 is 18.6 Å². The third-order valence-electron chi connectivity index (χ3n) is 14.9. The maximum Gasteiger partial charge on any atom is 0.252 e. The van der Waals surface area contributed by atoms with Gasteiger partial charge in [0.05, 0.1) is 0 Å². The molecule has 4 heterocycles. The first-order chi connectivity index (χ1) is 32.9. The van der Waals surface area contributed by atoms with Gasteiger partial charge in [-0.3, -0.25) is 0 Å². The molecule has 68 heavy (non-hydrogen) atoms. The van der Waals surface area contributed by atoms with Gasteiger partial charge in [0.25, 0.3) is 6.71 Å². The minimum absolute atomic E-state index is 0.0279. The van der Waals surface area contributed by atoms with Gasteiger partial charge in [0, 0.05) is 62.3 Å². The third kappa shape index (κ3) is 6.21. The molecule has 0 unspecified atom stereocenters. The van der Waals surface area contributed by atoms with Crippen molar-refractivity contribution in [2.24, 2.45) is 0 Å². The minimum atomic E-state index is -0.0402. The molecule has 13 rings (SSSR count). The zero-order chi connectivity index (χ0) is 46.2. The predicted molar refractivity (Wildman–Crippen MR) is 287 cm³/mol. The molecule has 2 aliphatic heterocycles. The Hall–Kier alpha value is -7.50. The van der Waals surface area contributed by atoms with Crippen molar-refractivity contribution in [3.63, 3.8) is 0 Å². The molecule has 2 aromatic heterocycles. The molecule has 0 radical (unpaired) electrons. The van der Waals surface area contributed by atoms with E-state index in [-0.39, 0.29) is 17.5 Å². The van der Waals surface area contributed by atoms with Crippen LogP contribution in [-0.4, -0.2) is 6.71 Å². The van der Waals surface area contributed by atoms with Crippen LogP contribution in [0.15, 0.2) is 179 Å². The van der Waals surface area contributed by atoms with E-state index >= 15 is 0 Å². The number of hydrogen-bond acceptors (Lipinski definition) is 4. The van der Waals surface area contributed by atoms with E-state index in [4.69, 9.17) is 8.83 Å². The van der Waals surface area contributed by atoms with Crippen molar-refractivity contribution >= 4 is 95.7 Å². The largest absolute Gasteiger partial charge is 0.460 e. The average molecular weight is 881 g/mol. The average Bonchev–Trinajstić information content (AvgIpc) is 3.92. The fourth-order valence-electron chi connectivity index (χ4n) is 11.5. The summed E-state index contributed by atoms with van der Waals surface area (Å²) in [6.45, 7) is 16.2. The Morgan fingerprint density at radius 2 is 1.10 bits per heavy atom. The molecule has 0 saturated heterocycles. The molecule has 0 saturated carbocycles. The second kappa shape index (κ2) is 14.8. The van der Waals surface area contributed by atoms with E-state index in [0.29, 0.717) is 0 Å². The monoisotopic (exact) mass is 880 g/mol. The molecule has 5 heteroatoms. The van der Waals surface area contributed by atoms with Gasteiger partial charge >= 0.3 is 0 Å². The lowest BCUT2D eigenvalue weighted by Gasteiger charge is -2.45. The number of allylic oxidation sites excluding steroid dienone is 1. The number of anilines is 6. The Balaban J connectivity index is 0.999. The van der Waals surface area contributed by atoms with Crippen LogP contribution in [-0.2, 0) is 17.3 Å². The quantitative estimate of drug-likeness (QED) is 0.165. The zero-order valence-corrected chi connectivity index (χ0v) is 39.9. The van der Waals surface area contributed by atoms with Crippen molar-refractivity contribution in [1.82, 2.24) is 0 Å². The second-order valence-electron chi connectivity index (χ2n) is 21.3. The van der Waals surface area contributed by atoms with Crippen molar-refractivity contribution in [1.29, 1.82) is 0 Å². The van der Waals surface area contributed by atoms with E-state index in [2.05, 4.69) is 222 Å². The van der Waals surface area contributed by atoms with Gasteiger partial charge in [-0.25, -0.2) is 0 Å². The number of para-hydroxylation sites is 2. The van der Waals surface area contributed by atoms with E-state index < -0.39 is 0 Å². The summed E-state index contributed by atoms with van der Waals surface area (Å²) in [6.07, 6.45) is 4.29. The third-order valence-corrected chi connectivity index (χ3v) is 14.9. The number of benzene rings is 8. The highest BCUT2D eigenvalue weighted by Gasteiger charge is 2.44. The lowest BCUT2D eigenvalue weighted by Crippen LogP contribution is -2.61. The van der Waals surface area contributed by atoms with Crippen LogP contribution in [0.4, 0.5) is 34.1 Å². The van der Waals surface area contributed by atoms with Crippen LogP contribution in [0.2, 0.25) is 0 Å². The molecule has 0 atom stereocenters. The SMILES string of the molecule is Cc1cc2c3c(c1)N(c1ccc(-c4cccc5oc6ccccc6c45)cc1)c1cc(C(C)(C)C)ccc1B3c1cc(C(C)(C)C)ccc1N2c1ccc(C2=CCCc3oc4ccccc4c32)cc1. The van der Waals surface area contributed by atoms with Crippen LogP contribution < -0.4 is 26.2 Å². The lowest BCUT2D eigenvalue weighted by atomic mass is 9.33. The Bertz CT molecular complexity index is 3720. The molecule has 0 fully saturated rings. The van der Waals surface area contributed by atoms with Crippen LogP contribution in [0.25, 0.3) is 49.6 Å². The van der Waals surface area contributed by atoms with Crippen molar-refractivity contribution < 1.29 is 8.83 Å². The highest BCUT2D eigenvalue weighted by Crippen LogP contribution is 2.47. The van der Waals surface area contributed by atoms with Gasteiger partial charge in [-0.05, 0) is 146 Å². The van der Waals surface area contributed by atoms with Crippen LogP contribution in [0.1, 0.15) is 81.5 Å². The van der Waals surface area contributed by atoms with E-state index in [9.17, 15) is 0 Å². The van der Waals surface area contributed by atoms with Crippen LogP contribution in [0.3, 0.4) is 0 Å². The van der Waals surface area contributed by atoms with Crippen molar-refractivity contribution in [2.45, 2.75) is 72.1 Å². The Morgan fingerprint density at radius 3 is 1.81 bits per heavy atom. The fourth-order valence-corrected chi connectivity index (χ4v) is 11.5. The highest BCUT2D eigenvalue weighted by molar-refractivity contribution is 7.00. The number of hydrogen-bond donors (Lipinski definition) is 0. The standard InChI is InChI=1S/C63H53BN2O2/c1-38-34-53-61-54(35-38)66(44-30-24-40(25-31-44)46-17-13-21-58-60(46)48-15-9-11-19-56(48)68-58)52-37-42(63(5,6)7)26-32-49(52)64(61)50-36-41(62(2,3)4)27-33-51(50)65(53)43-28-22-39(23-29-43)45-16-12-20-57-59(45)47-14-8-10-18-55(47)67-57/h8-11,13-19,21-37H,12,20H2,1-7H3. The van der Waals surface area contributed by atoms with Crippen molar-refractivity contribution in [2.75, 3.05) is 9.80 Å². The lowest BCUT2D eigenvalue weighted by molar-refractivity contribution is 0.545. The summed E-state index contributed by atoms with van der Waals surface area (Å²) in [5.74, 6) is 1.09. The molecule has 3 aliphatic rings. The summed E-state index contributed by atoms with van der Waals surface area (Å²) in [5, 5.41) is 3.48. The van der Waals surface area contributed by atoms with Gasteiger partial charge in [0.2, 0.25) is 0 Å². The number of rotatable bonds is 4. The topological polar surface area (TPSA) is 32.8 Å². The van der Waals surface area contributed by atoms with Gasteiger partial charge in [0.1, 0.15) is 22.5 Å². The van der Waals surface area contributed by atoms with E-state index in [1.54, 1.807) is 0 Å². The molecule has 0 spiro atoms. The molecular weight excluding hydrogens is 828 g/mol. The summed E-state index contributed by atoms with van der Waals surface area (Å²) in [5.41, 5.74) is 23.8. The van der Waals surface area contributed by atoms with Crippen LogP contribution >= 0.6 is 0 Å². The van der Waals surface area contributed by atoms with Gasteiger partial charge in [-0.15, -0.1) is 0 Å². The summed E-state index contributed by atoms with van der Waals surface area (Å²) in [7, 11) is 0. The fraction of sp³-hybridized carbons (Fsp3) is 0.175. The van der Waals surface area contributed by atoms with Crippen LogP contribution in [0.5, 0.6) is 0 Å². The number of furan rings is 2. The smallest absolute Gasteiger partial charge is 0.252 e. The number of fused-ring (bicyclic) bond motifs is 10. The van der Waals surface area contributed by atoms with Crippen LogP contribution in [0, 0.1) is 6.92 Å². The summed E-state index contributed by atoms with van der Waals surface area (Å²) in [4.78, 5) is 5.08. The molecule has 0 bridgehead atoms. The summed E-state index contributed by atoms with van der Waals surface area (Å²) >= 11 is 0. The summed E-state index contributed by atoms with van der Waals surface area (Å²) in [6, 6.07) is 61.1. The van der Waals surface area contributed by atoms with Gasteiger partial charge in [-0.1, -0.05) is 145 Å². The molecule has 4 nitrogen and oxygen atoms in total. The predicted octanol–water partition coefficient (Wildman–Crippen LogP) is 15.4. The molecule has 0 N–H and O–H groups in total. The van der Waals surface area contributed by atoms with Crippen molar-refractivity contribution in [3.8, 4) is 11.1 Å². The normalized spacial score (nSPS) is 14.3. The molecular formula is C63H53BN2O2. The molecule has 10 aromatic rings. The van der Waals surface area contributed by atoms with Crippen molar-refractivity contribution in [3.05, 3.63) is 203 Å². The maximum absolute atomic E-state index is 6.41. The molecule has 330 valence electrons. The minimum Gasteiger partial charge on any atom is -0.460 e. The molecule has 8 aromatic carbocycles. The van der Waals surface area contributed by atoms with E-state index in [1.165, 1.54) is 83.5 Å². The van der Waals surface area contributed by atoms with Gasteiger partial charge in [0.15, 0.2) is 0 Å². The Labute approximate surface area is 399 Å².